The maximum Gasteiger partial charge on any atom is 0.323 e. The van der Waals surface area contributed by atoms with Gasteiger partial charge in [-0.15, -0.1) is 0 Å². The van der Waals surface area contributed by atoms with Gasteiger partial charge >= 0.3 is 5.97 Å². The van der Waals surface area contributed by atoms with Gasteiger partial charge in [-0.25, -0.2) is 0 Å². The summed E-state index contributed by atoms with van der Waals surface area (Å²) in [6, 6.07) is 8.63. The van der Waals surface area contributed by atoms with Crippen molar-refractivity contribution in [1.29, 1.82) is 0 Å². The van der Waals surface area contributed by atoms with Gasteiger partial charge < -0.3 is 4.74 Å². The maximum absolute atomic E-state index is 11.9. The number of rotatable bonds is 4. The molecule has 1 aromatic rings. The Balaban J connectivity index is 1.63. The van der Waals surface area contributed by atoms with Crippen molar-refractivity contribution in [3.05, 3.63) is 35.4 Å². The first-order valence-corrected chi connectivity index (χ1v) is 7.28. The predicted molar refractivity (Wildman–Crippen MR) is 74.1 cm³/mol. The van der Waals surface area contributed by atoms with E-state index in [4.69, 9.17) is 4.74 Å². The van der Waals surface area contributed by atoms with Crippen LogP contribution in [0.5, 0.6) is 0 Å². The molecule has 0 amide bonds. The van der Waals surface area contributed by atoms with Gasteiger partial charge in [0.1, 0.15) is 6.04 Å². The van der Waals surface area contributed by atoms with Crippen molar-refractivity contribution >= 4 is 5.97 Å². The fraction of sp³-hybridized carbons (Fsp3) is 0.562. The van der Waals surface area contributed by atoms with Crippen LogP contribution in [-0.2, 0) is 16.0 Å². The topological polar surface area (TPSA) is 29.5 Å². The molecule has 2 aliphatic rings. The first-order chi connectivity index (χ1) is 9.29. The summed E-state index contributed by atoms with van der Waals surface area (Å²) in [7, 11) is 0. The molecule has 1 fully saturated rings. The van der Waals surface area contributed by atoms with Crippen LogP contribution in [0.1, 0.15) is 36.8 Å². The molecule has 0 N–H and O–H groups in total. The molecule has 3 rings (SSSR count). The minimum atomic E-state index is -0.0346. The summed E-state index contributed by atoms with van der Waals surface area (Å²) < 4.78 is 5.18. The van der Waals surface area contributed by atoms with E-state index in [1.807, 2.05) is 6.92 Å². The summed E-state index contributed by atoms with van der Waals surface area (Å²) in [6.07, 6.45) is 3.22. The zero-order chi connectivity index (χ0) is 13.2. The van der Waals surface area contributed by atoms with Crippen molar-refractivity contribution in [2.24, 2.45) is 0 Å². The van der Waals surface area contributed by atoms with Gasteiger partial charge in [-0.2, -0.15) is 0 Å². The van der Waals surface area contributed by atoms with Crippen LogP contribution in [0, 0.1) is 0 Å². The van der Waals surface area contributed by atoms with E-state index in [0.717, 1.165) is 32.4 Å². The van der Waals surface area contributed by atoms with Crippen LogP contribution in [0.3, 0.4) is 0 Å². The van der Waals surface area contributed by atoms with Gasteiger partial charge in [-0.3, -0.25) is 9.69 Å². The van der Waals surface area contributed by atoms with Gasteiger partial charge in [0.25, 0.3) is 0 Å². The molecule has 3 nitrogen and oxygen atoms in total. The number of nitrogens with zero attached hydrogens (tertiary/aromatic N) is 1. The Morgan fingerprint density at radius 2 is 2.26 bits per heavy atom. The van der Waals surface area contributed by atoms with E-state index in [2.05, 4.69) is 29.2 Å². The average molecular weight is 259 g/mol. The highest BCUT2D eigenvalue weighted by Gasteiger charge is 2.35. The lowest BCUT2D eigenvalue weighted by molar-refractivity contribution is -0.148. The van der Waals surface area contributed by atoms with Crippen molar-refractivity contribution < 1.29 is 9.53 Å². The molecule has 0 saturated carbocycles. The summed E-state index contributed by atoms with van der Waals surface area (Å²) in [6.45, 7) is 4.39. The quantitative estimate of drug-likeness (QED) is 0.777. The highest BCUT2D eigenvalue weighted by molar-refractivity contribution is 5.76. The molecule has 1 aliphatic heterocycles. The van der Waals surface area contributed by atoms with Crippen molar-refractivity contribution in [3.63, 3.8) is 0 Å². The van der Waals surface area contributed by atoms with Gasteiger partial charge in [-0.05, 0) is 43.9 Å². The Morgan fingerprint density at radius 1 is 1.42 bits per heavy atom. The maximum atomic E-state index is 11.9. The minimum Gasteiger partial charge on any atom is -0.465 e. The van der Waals surface area contributed by atoms with Crippen LogP contribution in [0.2, 0.25) is 0 Å². The highest BCUT2D eigenvalue weighted by Crippen LogP contribution is 2.36. The van der Waals surface area contributed by atoms with Crippen LogP contribution in [0.4, 0.5) is 0 Å². The van der Waals surface area contributed by atoms with E-state index in [1.54, 1.807) is 0 Å². The Morgan fingerprint density at radius 3 is 3.05 bits per heavy atom. The molecular formula is C16H21NO2. The smallest absolute Gasteiger partial charge is 0.323 e. The number of carbonyl (C=O) groups is 1. The molecule has 102 valence electrons. The van der Waals surface area contributed by atoms with Crippen LogP contribution in [0.15, 0.2) is 24.3 Å². The Labute approximate surface area is 114 Å². The summed E-state index contributed by atoms with van der Waals surface area (Å²) in [5.41, 5.74) is 2.94. The van der Waals surface area contributed by atoms with Gasteiger partial charge in [0.2, 0.25) is 0 Å². The predicted octanol–water partition coefficient (Wildman–Crippen LogP) is 2.35. The standard InChI is InChI=1S/C16H21NO2/c1-2-19-16(18)15-8-5-9-17(15)11-13-10-12-6-3-4-7-14(12)13/h3-4,6-7,13,15H,2,5,8-11H2,1H3. The third kappa shape index (κ3) is 2.39. The number of likely N-dealkylation sites (tertiary alicyclic amines) is 1. The molecule has 3 heteroatoms. The molecule has 1 aliphatic carbocycles. The van der Waals surface area contributed by atoms with E-state index in [0.29, 0.717) is 12.5 Å². The fourth-order valence-corrected chi connectivity index (χ4v) is 3.36. The number of benzene rings is 1. The molecule has 2 unspecified atom stereocenters. The van der Waals surface area contributed by atoms with Crippen LogP contribution < -0.4 is 0 Å². The first-order valence-electron chi connectivity index (χ1n) is 7.28. The summed E-state index contributed by atoms with van der Waals surface area (Å²) in [4.78, 5) is 14.2. The third-order valence-corrected chi connectivity index (χ3v) is 4.34. The van der Waals surface area contributed by atoms with Crippen LogP contribution in [-0.4, -0.2) is 36.6 Å². The number of hydrogen-bond acceptors (Lipinski definition) is 3. The second kappa shape index (κ2) is 5.33. The minimum absolute atomic E-state index is 0.00675. The highest BCUT2D eigenvalue weighted by atomic mass is 16.5. The second-order valence-corrected chi connectivity index (χ2v) is 5.50. The summed E-state index contributed by atoms with van der Waals surface area (Å²) in [5.74, 6) is 0.568. The Bertz CT molecular complexity index is 472. The van der Waals surface area contributed by atoms with E-state index >= 15 is 0 Å². The molecule has 19 heavy (non-hydrogen) atoms. The number of carbonyl (C=O) groups excluding carboxylic acids is 1. The fourth-order valence-electron chi connectivity index (χ4n) is 3.36. The third-order valence-electron chi connectivity index (χ3n) is 4.34. The van der Waals surface area contributed by atoms with Crippen LogP contribution >= 0.6 is 0 Å². The summed E-state index contributed by atoms with van der Waals surface area (Å²) >= 11 is 0. The lowest BCUT2D eigenvalue weighted by Crippen LogP contribution is -2.41. The monoisotopic (exact) mass is 259 g/mol. The molecule has 2 atom stereocenters. The van der Waals surface area contributed by atoms with E-state index in [-0.39, 0.29) is 12.0 Å². The zero-order valence-electron chi connectivity index (χ0n) is 11.5. The van der Waals surface area contributed by atoms with Gasteiger partial charge in [0, 0.05) is 12.5 Å². The summed E-state index contributed by atoms with van der Waals surface area (Å²) in [5, 5.41) is 0. The largest absolute Gasteiger partial charge is 0.465 e. The van der Waals surface area contributed by atoms with Gasteiger partial charge in [0.05, 0.1) is 6.61 Å². The van der Waals surface area contributed by atoms with Gasteiger partial charge in [0.15, 0.2) is 0 Å². The van der Waals surface area contributed by atoms with Crippen molar-refractivity contribution in [1.82, 2.24) is 4.90 Å². The normalized spacial score (nSPS) is 25.7. The molecule has 1 aromatic carbocycles. The molecule has 0 spiro atoms. The molecule has 0 bridgehead atoms. The SMILES string of the molecule is CCOC(=O)C1CCCN1CC1Cc2ccccc21. The molecule has 0 aromatic heterocycles. The van der Waals surface area contributed by atoms with E-state index in [1.165, 1.54) is 11.1 Å². The number of ether oxygens (including phenoxy) is 1. The van der Waals surface area contributed by atoms with Crippen LogP contribution in [0.25, 0.3) is 0 Å². The number of hydrogen-bond donors (Lipinski definition) is 0. The second-order valence-electron chi connectivity index (χ2n) is 5.50. The molecule has 0 radical (unpaired) electrons. The lowest BCUT2D eigenvalue weighted by atomic mass is 9.77. The number of esters is 1. The zero-order valence-corrected chi connectivity index (χ0v) is 11.5. The van der Waals surface area contributed by atoms with E-state index in [9.17, 15) is 4.79 Å². The van der Waals surface area contributed by atoms with Gasteiger partial charge in [-0.1, -0.05) is 24.3 Å². The van der Waals surface area contributed by atoms with E-state index < -0.39 is 0 Å². The number of fused-ring (bicyclic) bond motifs is 1. The first kappa shape index (κ1) is 12.7. The Kier molecular flexibility index (Phi) is 3.56. The molecule has 1 heterocycles. The van der Waals surface area contributed by atoms with Crippen molar-refractivity contribution in [2.45, 2.75) is 38.1 Å². The lowest BCUT2D eigenvalue weighted by Gasteiger charge is -2.35. The molecule has 1 saturated heterocycles. The molecular weight excluding hydrogens is 238 g/mol. The Hall–Kier alpha value is -1.35. The average Bonchev–Trinajstić information content (AvgIpc) is 2.84. The van der Waals surface area contributed by atoms with Crippen molar-refractivity contribution in [3.8, 4) is 0 Å². The van der Waals surface area contributed by atoms with Crippen molar-refractivity contribution in [2.75, 3.05) is 19.7 Å².